The molecular weight excluding hydrogens is 292 g/mol. The van der Waals surface area contributed by atoms with Crippen molar-refractivity contribution in [3.63, 3.8) is 0 Å². The van der Waals surface area contributed by atoms with Gasteiger partial charge in [0.1, 0.15) is 0 Å². The molecule has 0 aliphatic heterocycles. The highest BCUT2D eigenvalue weighted by atomic mass is 16.3. The molecule has 126 valence electrons. The molecule has 23 heavy (non-hydrogen) atoms. The van der Waals surface area contributed by atoms with Crippen LogP contribution in [0, 0.1) is 5.41 Å². The summed E-state index contributed by atoms with van der Waals surface area (Å²) < 4.78 is 0. The molecule has 0 saturated heterocycles. The van der Waals surface area contributed by atoms with Crippen molar-refractivity contribution in [3.05, 3.63) is 29.8 Å². The molecule has 5 nitrogen and oxygen atoms in total. The first-order chi connectivity index (χ1) is 11.0. The van der Waals surface area contributed by atoms with Gasteiger partial charge in [-0.15, -0.1) is 0 Å². The Hall–Kier alpha value is -1.88. The standard InChI is InChI=1S/C18H26N2O3/c1-3-7-13-8-4-5-9-14(13)19-16(22)17(23)20-15-10-6-11-18(15,2)12-21/h4-5,8-9,15,21H,3,6-7,10-12H2,1-2H3,(H,19,22)(H,20,23). The summed E-state index contributed by atoms with van der Waals surface area (Å²) in [6.45, 7) is 4.03. The Labute approximate surface area is 137 Å². The van der Waals surface area contributed by atoms with E-state index in [1.165, 1.54) is 0 Å². The van der Waals surface area contributed by atoms with Gasteiger partial charge >= 0.3 is 11.8 Å². The lowest BCUT2D eigenvalue weighted by molar-refractivity contribution is -0.137. The average molecular weight is 318 g/mol. The Morgan fingerprint density at radius 2 is 2.04 bits per heavy atom. The molecule has 1 saturated carbocycles. The van der Waals surface area contributed by atoms with Gasteiger partial charge in [0.05, 0.1) is 6.61 Å². The number of para-hydroxylation sites is 1. The van der Waals surface area contributed by atoms with Crippen molar-refractivity contribution < 1.29 is 14.7 Å². The molecule has 2 atom stereocenters. The predicted octanol–water partition coefficient (Wildman–Crippen LogP) is 2.24. The van der Waals surface area contributed by atoms with E-state index in [0.29, 0.717) is 5.69 Å². The lowest BCUT2D eigenvalue weighted by Crippen LogP contribution is -2.48. The number of nitrogens with one attached hydrogen (secondary N) is 2. The molecule has 1 aromatic rings. The zero-order valence-electron chi connectivity index (χ0n) is 13.9. The smallest absolute Gasteiger partial charge is 0.313 e. The van der Waals surface area contributed by atoms with Gasteiger partial charge < -0.3 is 15.7 Å². The topological polar surface area (TPSA) is 78.4 Å². The van der Waals surface area contributed by atoms with Crippen molar-refractivity contribution in [2.75, 3.05) is 11.9 Å². The molecule has 3 N–H and O–H groups in total. The van der Waals surface area contributed by atoms with E-state index >= 15 is 0 Å². The number of carbonyl (C=O) groups is 2. The van der Waals surface area contributed by atoms with E-state index in [9.17, 15) is 14.7 Å². The van der Waals surface area contributed by atoms with Crippen LogP contribution < -0.4 is 10.6 Å². The zero-order chi connectivity index (χ0) is 16.9. The molecule has 2 amide bonds. The number of carbonyl (C=O) groups excluding carboxylic acids is 2. The summed E-state index contributed by atoms with van der Waals surface area (Å²) in [7, 11) is 0. The Balaban J connectivity index is 2.00. The van der Waals surface area contributed by atoms with Crippen molar-refractivity contribution in [2.24, 2.45) is 5.41 Å². The summed E-state index contributed by atoms with van der Waals surface area (Å²) in [5, 5.41) is 15.0. The third kappa shape index (κ3) is 4.10. The fourth-order valence-corrected chi connectivity index (χ4v) is 3.20. The molecule has 1 aromatic carbocycles. The maximum absolute atomic E-state index is 12.2. The Bertz CT molecular complexity index is 573. The van der Waals surface area contributed by atoms with Gasteiger partial charge in [0.25, 0.3) is 0 Å². The number of hydrogen-bond acceptors (Lipinski definition) is 3. The van der Waals surface area contributed by atoms with Crippen LogP contribution in [0.3, 0.4) is 0 Å². The minimum Gasteiger partial charge on any atom is -0.396 e. The van der Waals surface area contributed by atoms with Crippen LogP contribution in [0.5, 0.6) is 0 Å². The number of aryl methyl sites for hydroxylation is 1. The van der Waals surface area contributed by atoms with Crippen LogP contribution in [-0.2, 0) is 16.0 Å². The first kappa shape index (κ1) is 17.5. The van der Waals surface area contributed by atoms with Gasteiger partial charge in [-0.1, -0.05) is 44.9 Å². The van der Waals surface area contributed by atoms with Crippen molar-refractivity contribution in [3.8, 4) is 0 Å². The van der Waals surface area contributed by atoms with Crippen LogP contribution in [0.1, 0.15) is 45.1 Å². The Morgan fingerprint density at radius 1 is 1.30 bits per heavy atom. The fraction of sp³-hybridized carbons (Fsp3) is 0.556. The van der Waals surface area contributed by atoms with E-state index in [1.807, 2.05) is 31.2 Å². The number of hydrogen-bond donors (Lipinski definition) is 3. The molecule has 1 aliphatic rings. The van der Waals surface area contributed by atoms with Crippen LogP contribution in [0.15, 0.2) is 24.3 Å². The lowest BCUT2D eigenvalue weighted by atomic mass is 9.86. The molecule has 0 spiro atoms. The van der Waals surface area contributed by atoms with E-state index < -0.39 is 11.8 Å². The summed E-state index contributed by atoms with van der Waals surface area (Å²) >= 11 is 0. The first-order valence-corrected chi connectivity index (χ1v) is 8.31. The summed E-state index contributed by atoms with van der Waals surface area (Å²) in [6.07, 6.45) is 4.42. The summed E-state index contributed by atoms with van der Waals surface area (Å²) in [5.74, 6) is -1.29. The van der Waals surface area contributed by atoms with Gasteiger partial charge in [-0.2, -0.15) is 0 Å². The first-order valence-electron chi connectivity index (χ1n) is 8.31. The zero-order valence-corrected chi connectivity index (χ0v) is 13.9. The van der Waals surface area contributed by atoms with Gasteiger partial charge in [-0.05, 0) is 30.9 Å². The third-order valence-electron chi connectivity index (χ3n) is 4.74. The average Bonchev–Trinajstić information content (AvgIpc) is 2.91. The SMILES string of the molecule is CCCc1ccccc1NC(=O)C(=O)NC1CCCC1(C)CO. The molecule has 0 aromatic heterocycles. The second kappa shape index (κ2) is 7.59. The van der Waals surface area contributed by atoms with Crippen LogP contribution >= 0.6 is 0 Å². The normalized spacial score (nSPS) is 23.5. The second-order valence-electron chi connectivity index (χ2n) is 6.59. The molecule has 2 rings (SSSR count). The highest BCUT2D eigenvalue weighted by molar-refractivity contribution is 6.39. The minimum atomic E-state index is -0.652. The molecule has 0 heterocycles. The van der Waals surface area contributed by atoms with E-state index in [-0.39, 0.29) is 18.1 Å². The predicted molar refractivity (Wildman–Crippen MR) is 90.0 cm³/mol. The highest BCUT2D eigenvalue weighted by Gasteiger charge is 2.39. The number of benzene rings is 1. The molecule has 0 bridgehead atoms. The van der Waals surface area contributed by atoms with Crippen LogP contribution in [0.25, 0.3) is 0 Å². The summed E-state index contributed by atoms with van der Waals surface area (Å²) in [5.41, 5.74) is 1.37. The number of aliphatic hydroxyl groups excluding tert-OH is 1. The van der Waals surface area contributed by atoms with Gasteiger partial charge in [-0.25, -0.2) is 0 Å². The Kier molecular flexibility index (Phi) is 5.77. The summed E-state index contributed by atoms with van der Waals surface area (Å²) in [6, 6.07) is 7.37. The maximum atomic E-state index is 12.2. The molecule has 1 aliphatic carbocycles. The summed E-state index contributed by atoms with van der Waals surface area (Å²) in [4.78, 5) is 24.3. The second-order valence-corrected chi connectivity index (χ2v) is 6.59. The number of rotatable bonds is 5. The quantitative estimate of drug-likeness (QED) is 0.729. The molecule has 2 unspecified atom stereocenters. The maximum Gasteiger partial charge on any atom is 0.313 e. The van der Waals surface area contributed by atoms with E-state index in [1.54, 1.807) is 0 Å². The molecular formula is C18H26N2O3. The minimum absolute atomic E-state index is 0.0128. The third-order valence-corrected chi connectivity index (χ3v) is 4.74. The van der Waals surface area contributed by atoms with Crippen molar-refractivity contribution in [2.45, 2.75) is 52.0 Å². The number of amides is 2. The van der Waals surface area contributed by atoms with Crippen LogP contribution in [-0.4, -0.2) is 29.6 Å². The van der Waals surface area contributed by atoms with E-state index in [4.69, 9.17) is 0 Å². The van der Waals surface area contributed by atoms with Gasteiger partial charge in [-0.3, -0.25) is 9.59 Å². The fourth-order valence-electron chi connectivity index (χ4n) is 3.20. The Morgan fingerprint density at radius 3 is 2.74 bits per heavy atom. The number of aliphatic hydroxyl groups is 1. The van der Waals surface area contributed by atoms with E-state index in [2.05, 4.69) is 17.6 Å². The molecule has 1 fully saturated rings. The van der Waals surface area contributed by atoms with E-state index in [0.717, 1.165) is 37.7 Å². The monoisotopic (exact) mass is 318 g/mol. The number of anilines is 1. The van der Waals surface area contributed by atoms with Crippen LogP contribution in [0.4, 0.5) is 5.69 Å². The highest BCUT2D eigenvalue weighted by Crippen LogP contribution is 2.37. The van der Waals surface area contributed by atoms with Crippen LogP contribution in [0.2, 0.25) is 0 Å². The lowest BCUT2D eigenvalue weighted by Gasteiger charge is -2.29. The van der Waals surface area contributed by atoms with Gasteiger partial charge in [0, 0.05) is 17.1 Å². The van der Waals surface area contributed by atoms with Gasteiger partial charge in [0.2, 0.25) is 0 Å². The van der Waals surface area contributed by atoms with Gasteiger partial charge in [0.15, 0.2) is 0 Å². The van der Waals surface area contributed by atoms with Crippen molar-refractivity contribution in [1.82, 2.24) is 5.32 Å². The molecule has 5 heteroatoms. The molecule has 0 radical (unpaired) electrons. The largest absolute Gasteiger partial charge is 0.396 e. The van der Waals surface area contributed by atoms with Crippen molar-refractivity contribution >= 4 is 17.5 Å². The van der Waals surface area contributed by atoms with Crippen molar-refractivity contribution in [1.29, 1.82) is 0 Å².